The van der Waals surface area contributed by atoms with Crippen LogP contribution >= 0.6 is 11.3 Å². The Kier molecular flexibility index (Phi) is 3.76. The Bertz CT molecular complexity index is 1010. The first-order valence-electron chi connectivity index (χ1n) is 8.49. The van der Waals surface area contributed by atoms with Crippen LogP contribution in [0.15, 0.2) is 24.3 Å². The number of pyridine rings is 1. The second-order valence-corrected chi connectivity index (χ2v) is 7.72. The van der Waals surface area contributed by atoms with Crippen molar-refractivity contribution in [2.45, 2.75) is 33.7 Å². The molecular formula is C20H21N3OS. The van der Waals surface area contributed by atoms with Crippen LogP contribution < -0.4 is 5.73 Å². The summed E-state index contributed by atoms with van der Waals surface area (Å²) in [5.41, 5.74) is 12.8. The van der Waals surface area contributed by atoms with Crippen LogP contribution in [0, 0.1) is 20.8 Å². The van der Waals surface area contributed by atoms with Crippen LogP contribution in [0.5, 0.6) is 0 Å². The number of hydrogen-bond acceptors (Lipinski definition) is 4. The molecule has 1 aliphatic rings. The van der Waals surface area contributed by atoms with Crippen molar-refractivity contribution in [1.29, 1.82) is 0 Å². The van der Waals surface area contributed by atoms with Gasteiger partial charge in [-0.2, -0.15) is 0 Å². The van der Waals surface area contributed by atoms with Crippen LogP contribution in [0.4, 0.5) is 5.69 Å². The van der Waals surface area contributed by atoms with Gasteiger partial charge in [0.05, 0.1) is 5.69 Å². The molecule has 0 spiro atoms. The minimum Gasteiger partial charge on any atom is -0.397 e. The Morgan fingerprint density at radius 2 is 1.88 bits per heavy atom. The van der Waals surface area contributed by atoms with Gasteiger partial charge in [0, 0.05) is 24.2 Å². The van der Waals surface area contributed by atoms with Gasteiger partial charge in [0.15, 0.2) is 0 Å². The van der Waals surface area contributed by atoms with E-state index in [-0.39, 0.29) is 5.91 Å². The van der Waals surface area contributed by atoms with Gasteiger partial charge in [0.1, 0.15) is 9.71 Å². The molecular weight excluding hydrogens is 330 g/mol. The number of thiophene rings is 1. The number of nitrogens with two attached hydrogens (primary N) is 1. The van der Waals surface area contributed by atoms with E-state index in [9.17, 15) is 4.79 Å². The zero-order valence-electron chi connectivity index (χ0n) is 14.7. The van der Waals surface area contributed by atoms with Gasteiger partial charge in [-0.05, 0) is 49.4 Å². The normalized spacial score (nSPS) is 14.0. The van der Waals surface area contributed by atoms with Crippen molar-refractivity contribution in [3.63, 3.8) is 0 Å². The van der Waals surface area contributed by atoms with E-state index in [0.29, 0.717) is 17.1 Å². The van der Waals surface area contributed by atoms with Crippen molar-refractivity contribution >= 4 is 33.1 Å². The molecule has 1 aliphatic heterocycles. The first-order chi connectivity index (χ1) is 12.0. The molecule has 25 heavy (non-hydrogen) atoms. The van der Waals surface area contributed by atoms with E-state index in [2.05, 4.69) is 37.0 Å². The number of aromatic nitrogens is 1. The molecule has 0 saturated heterocycles. The van der Waals surface area contributed by atoms with E-state index < -0.39 is 0 Å². The Labute approximate surface area is 151 Å². The number of nitrogens with zero attached hydrogens (tertiary/aromatic N) is 2. The molecule has 2 N–H and O–H groups in total. The lowest BCUT2D eigenvalue weighted by molar-refractivity contribution is 0.0740. The van der Waals surface area contributed by atoms with E-state index in [1.54, 1.807) is 0 Å². The highest BCUT2D eigenvalue weighted by Gasteiger charge is 2.26. The predicted molar refractivity (Wildman–Crippen MR) is 103 cm³/mol. The highest BCUT2D eigenvalue weighted by atomic mass is 32.1. The average molecular weight is 351 g/mol. The second-order valence-electron chi connectivity index (χ2n) is 6.72. The number of carbonyl (C=O) groups is 1. The number of hydrogen-bond donors (Lipinski definition) is 1. The number of fused-ring (bicyclic) bond motifs is 2. The van der Waals surface area contributed by atoms with Crippen LogP contribution in [0.3, 0.4) is 0 Å². The molecule has 1 amide bonds. The average Bonchev–Trinajstić information content (AvgIpc) is 2.95. The van der Waals surface area contributed by atoms with E-state index in [0.717, 1.165) is 40.0 Å². The molecule has 2 aromatic heterocycles. The Balaban J connectivity index is 1.74. The Hall–Kier alpha value is -2.40. The van der Waals surface area contributed by atoms with Gasteiger partial charge in [0.2, 0.25) is 0 Å². The van der Waals surface area contributed by atoms with Crippen molar-refractivity contribution in [1.82, 2.24) is 9.88 Å². The summed E-state index contributed by atoms with van der Waals surface area (Å²) in [5, 5.41) is 0.939. The van der Waals surface area contributed by atoms with E-state index >= 15 is 0 Å². The van der Waals surface area contributed by atoms with E-state index in [1.165, 1.54) is 22.5 Å². The minimum absolute atomic E-state index is 0.0182. The summed E-state index contributed by atoms with van der Waals surface area (Å²) in [6.45, 7) is 7.49. The lowest BCUT2D eigenvalue weighted by Crippen LogP contribution is -2.35. The topological polar surface area (TPSA) is 59.2 Å². The second kappa shape index (κ2) is 5.85. The molecule has 3 heterocycles. The van der Waals surface area contributed by atoms with Gasteiger partial charge in [-0.15, -0.1) is 11.3 Å². The van der Waals surface area contributed by atoms with E-state index in [1.807, 2.05) is 17.9 Å². The lowest BCUT2D eigenvalue weighted by atomic mass is 9.99. The summed E-state index contributed by atoms with van der Waals surface area (Å²) < 4.78 is 0. The number of carbonyl (C=O) groups excluding carboxylic acids is 1. The fraction of sp³-hybridized carbons (Fsp3) is 0.300. The number of amides is 1. The molecule has 0 radical (unpaired) electrons. The molecule has 1 aromatic carbocycles. The molecule has 0 unspecified atom stereocenters. The SMILES string of the molecule is Cc1nc2sc(C(=O)N3CCc4ccccc4C3)c(N)c2c(C)c1C. The molecule has 4 nitrogen and oxygen atoms in total. The van der Waals surface area contributed by atoms with Crippen molar-refractivity contribution in [3.05, 3.63) is 57.1 Å². The third-order valence-electron chi connectivity index (χ3n) is 5.29. The fourth-order valence-corrected chi connectivity index (χ4v) is 4.71. The summed E-state index contributed by atoms with van der Waals surface area (Å²) >= 11 is 1.42. The van der Waals surface area contributed by atoms with E-state index in [4.69, 9.17) is 5.73 Å². The molecule has 0 fully saturated rings. The highest BCUT2D eigenvalue weighted by molar-refractivity contribution is 7.21. The zero-order chi connectivity index (χ0) is 17.7. The third kappa shape index (κ3) is 2.50. The summed E-state index contributed by atoms with van der Waals surface area (Å²) in [7, 11) is 0. The molecule has 4 rings (SSSR count). The van der Waals surface area contributed by atoms with Crippen LogP contribution in [0.25, 0.3) is 10.2 Å². The fourth-order valence-electron chi connectivity index (χ4n) is 3.54. The van der Waals surface area contributed by atoms with Crippen molar-refractivity contribution < 1.29 is 4.79 Å². The summed E-state index contributed by atoms with van der Waals surface area (Å²) in [5.74, 6) is 0.0182. The molecule has 128 valence electrons. The van der Waals surface area contributed by atoms with Gasteiger partial charge >= 0.3 is 0 Å². The van der Waals surface area contributed by atoms with Gasteiger partial charge in [0.25, 0.3) is 5.91 Å². The largest absolute Gasteiger partial charge is 0.397 e. The first kappa shape index (κ1) is 16.1. The van der Waals surface area contributed by atoms with Gasteiger partial charge < -0.3 is 10.6 Å². The van der Waals surface area contributed by atoms with Crippen LogP contribution in [-0.2, 0) is 13.0 Å². The summed E-state index contributed by atoms with van der Waals surface area (Å²) in [4.78, 5) is 21.1. The van der Waals surface area contributed by atoms with Crippen LogP contribution in [0.1, 0.15) is 37.6 Å². The van der Waals surface area contributed by atoms with Gasteiger partial charge in [-0.1, -0.05) is 24.3 Å². The molecule has 0 bridgehead atoms. The van der Waals surface area contributed by atoms with Crippen LogP contribution in [0.2, 0.25) is 0 Å². The standard InChI is InChI=1S/C20H21N3OS/c1-11-12(2)16-17(21)18(25-19(16)22-13(11)3)20(24)23-9-8-14-6-4-5-7-15(14)10-23/h4-7H,8-10,21H2,1-3H3. The molecule has 3 aromatic rings. The van der Waals surface area contributed by atoms with Crippen molar-refractivity contribution in [2.24, 2.45) is 0 Å². The number of aryl methyl sites for hydroxylation is 2. The third-order valence-corrected chi connectivity index (χ3v) is 6.38. The van der Waals surface area contributed by atoms with Gasteiger partial charge in [-0.3, -0.25) is 4.79 Å². The molecule has 0 aliphatic carbocycles. The predicted octanol–water partition coefficient (Wildman–Crippen LogP) is 4.00. The summed E-state index contributed by atoms with van der Waals surface area (Å²) in [6, 6.07) is 8.32. The maximum Gasteiger partial charge on any atom is 0.266 e. The number of benzene rings is 1. The monoisotopic (exact) mass is 351 g/mol. The quantitative estimate of drug-likeness (QED) is 0.721. The number of rotatable bonds is 1. The first-order valence-corrected chi connectivity index (χ1v) is 9.31. The van der Waals surface area contributed by atoms with Crippen molar-refractivity contribution in [3.8, 4) is 0 Å². The highest BCUT2D eigenvalue weighted by Crippen LogP contribution is 2.37. The number of anilines is 1. The molecule has 0 saturated carbocycles. The maximum absolute atomic E-state index is 13.1. The molecule has 5 heteroatoms. The Morgan fingerprint density at radius 3 is 2.64 bits per heavy atom. The summed E-state index contributed by atoms with van der Waals surface area (Å²) in [6.07, 6.45) is 0.891. The van der Waals surface area contributed by atoms with Crippen LogP contribution in [-0.4, -0.2) is 22.3 Å². The smallest absolute Gasteiger partial charge is 0.266 e. The Morgan fingerprint density at radius 1 is 1.16 bits per heavy atom. The minimum atomic E-state index is 0.0182. The molecule has 0 atom stereocenters. The number of nitrogen functional groups attached to an aromatic ring is 1. The van der Waals surface area contributed by atoms with Gasteiger partial charge in [-0.25, -0.2) is 4.98 Å². The lowest BCUT2D eigenvalue weighted by Gasteiger charge is -2.28. The van der Waals surface area contributed by atoms with Crippen molar-refractivity contribution in [2.75, 3.05) is 12.3 Å². The zero-order valence-corrected chi connectivity index (χ0v) is 15.5. The maximum atomic E-state index is 13.1.